The number of amides is 2. The highest BCUT2D eigenvalue weighted by Gasteiger charge is 2.20. The van der Waals surface area contributed by atoms with E-state index in [-0.39, 0.29) is 24.8 Å². The van der Waals surface area contributed by atoms with Crippen LogP contribution in [0.3, 0.4) is 0 Å². The summed E-state index contributed by atoms with van der Waals surface area (Å²) in [7, 11) is 0. The Morgan fingerprint density at radius 3 is 2.48 bits per heavy atom. The molecule has 1 heterocycles. The van der Waals surface area contributed by atoms with E-state index in [1.54, 1.807) is 19.9 Å². The van der Waals surface area contributed by atoms with Gasteiger partial charge in [0.1, 0.15) is 5.69 Å². The fourth-order valence-corrected chi connectivity index (χ4v) is 1.74. The standard InChI is InChI=1S/C14H21N3O4/c1-4-17(9-14(2,3)21)13(20)16-8-10-5-6-11(12(18)19)15-7-10/h5-7,21H,4,8-9H2,1-3H3,(H,16,20)(H,18,19). The molecule has 0 radical (unpaired) electrons. The van der Waals surface area contributed by atoms with E-state index in [9.17, 15) is 14.7 Å². The zero-order valence-corrected chi connectivity index (χ0v) is 12.5. The van der Waals surface area contributed by atoms with Gasteiger partial charge in [0.15, 0.2) is 0 Å². The van der Waals surface area contributed by atoms with Crippen LogP contribution in [0.15, 0.2) is 18.3 Å². The molecule has 3 N–H and O–H groups in total. The van der Waals surface area contributed by atoms with E-state index in [4.69, 9.17) is 5.11 Å². The number of carbonyl (C=O) groups is 2. The molecular formula is C14H21N3O4. The lowest BCUT2D eigenvalue weighted by Gasteiger charge is -2.28. The molecule has 0 aliphatic rings. The number of nitrogens with one attached hydrogen (secondary N) is 1. The van der Waals surface area contributed by atoms with E-state index in [1.807, 2.05) is 6.92 Å². The summed E-state index contributed by atoms with van der Waals surface area (Å²) in [6, 6.07) is 2.70. The summed E-state index contributed by atoms with van der Waals surface area (Å²) >= 11 is 0. The normalized spacial score (nSPS) is 11.0. The highest BCUT2D eigenvalue weighted by atomic mass is 16.4. The summed E-state index contributed by atoms with van der Waals surface area (Å²) in [6.45, 7) is 6.05. The number of aliphatic hydroxyl groups is 1. The molecule has 1 rings (SSSR count). The Balaban J connectivity index is 2.57. The smallest absolute Gasteiger partial charge is 0.354 e. The highest BCUT2D eigenvalue weighted by molar-refractivity contribution is 5.85. The van der Waals surface area contributed by atoms with Crippen LogP contribution in [-0.4, -0.2) is 50.8 Å². The third kappa shape index (κ3) is 5.78. The van der Waals surface area contributed by atoms with Crippen molar-refractivity contribution in [2.24, 2.45) is 0 Å². The maximum atomic E-state index is 12.0. The van der Waals surface area contributed by atoms with Crippen molar-refractivity contribution in [3.63, 3.8) is 0 Å². The fraction of sp³-hybridized carbons (Fsp3) is 0.500. The van der Waals surface area contributed by atoms with E-state index in [0.717, 1.165) is 0 Å². The van der Waals surface area contributed by atoms with Crippen LogP contribution < -0.4 is 5.32 Å². The molecule has 0 aliphatic heterocycles. The van der Waals surface area contributed by atoms with Gasteiger partial charge in [-0.05, 0) is 32.4 Å². The van der Waals surface area contributed by atoms with Gasteiger partial charge in [-0.25, -0.2) is 14.6 Å². The Morgan fingerprint density at radius 1 is 1.38 bits per heavy atom. The Bertz CT molecular complexity index is 494. The van der Waals surface area contributed by atoms with Crippen LogP contribution in [0.5, 0.6) is 0 Å². The van der Waals surface area contributed by atoms with Crippen molar-refractivity contribution in [1.29, 1.82) is 0 Å². The van der Waals surface area contributed by atoms with Crippen LogP contribution in [0.2, 0.25) is 0 Å². The summed E-state index contributed by atoms with van der Waals surface area (Å²) in [5, 5.41) is 21.2. The van der Waals surface area contributed by atoms with Crippen molar-refractivity contribution >= 4 is 12.0 Å². The highest BCUT2D eigenvalue weighted by Crippen LogP contribution is 2.06. The third-order valence-electron chi connectivity index (χ3n) is 2.73. The van der Waals surface area contributed by atoms with Crippen LogP contribution in [0.4, 0.5) is 4.79 Å². The number of aromatic carboxylic acids is 1. The van der Waals surface area contributed by atoms with Crippen LogP contribution in [0, 0.1) is 0 Å². The van der Waals surface area contributed by atoms with E-state index in [1.165, 1.54) is 17.2 Å². The maximum Gasteiger partial charge on any atom is 0.354 e. The fourth-order valence-electron chi connectivity index (χ4n) is 1.74. The molecule has 0 aliphatic carbocycles. The molecule has 0 unspecified atom stereocenters. The Labute approximate surface area is 123 Å². The van der Waals surface area contributed by atoms with E-state index < -0.39 is 11.6 Å². The van der Waals surface area contributed by atoms with Crippen LogP contribution in [0.25, 0.3) is 0 Å². The average Bonchev–Trinajstić information content (AvgIpc) is 2.41. The number of hydrogen-bond donors (Lipinski definition) is 3. The van der Waals surface area contributed by atoms with Gasteiger partial charge in [0.25, 0.3) is 0 Å². The summed E-state index contributed by atoms with van der Waals surface area (Å²) in [5.74, 6) is -1.09. The topological polar surface area (TPSA) is 103 Å². The maximum absolute atomic E-state index is 12.0. The molecule has 0 fully saturated rings. The SMILES string of the molecule is CCN(CC(C)(C)O)C(=O)NCc1ccc(C(=O)O)nc1. The lowest BCUT2D eigenvalue weighted by Crippen LogP contribution is -2.46. The predicted molar refractivity (Wildman–Crippen MR) is 77.0 cm³/mol. The number of pyridine rings is 1. The summed E-state index contributed by atoms with van der Waals surface area (Å²) < 4.78 is 0. The summed E-state index contributed by atoms with van der Waals surface area (Å²) in [6.07, 6.45) is 1.41. The molecule has 116 valence electrons. The van der Waals surface area contributed by atoms with Gasteiger partial charge in [0.05, 0.1) is 12.1 Å². The van der Waals surface area contributed by atoms with Gasteiger partial charge < -0.3 is 20.4 Å². The number of carbonyl (C=O) groups excluding carboxylic acids is 1. The van der Waals surface area contributed by atoms with E-state index in [2.05, 4.69) is 10.3 Å². The molecule has 1 aromatic rings. The molecule has 0 bridgehead atoms. The number of urea groups is 1. The quantitative estimate of drug-likeness (QED) is 0.729. The van der Waals surface area contributed by atoms with Crippen LogP contribution >= 0.6 is 0 Å². The lowest BCUT2D eigenvalue weighted by atomic mass is 10.1. The molecule has 21 heavy (non-hydrogen) atoms. The second-order valence-corrected chi connectivity index (χ2v) is 5.34. The molecular weight excluding hydrogens is 274 g/mol. The van der Waals surface area contributed by atoms with Crippen molar-refractivity contribution in [2.45, 2.75) is 32.9 Å². The molecule has 2 amide bonds. The number of aromatic nitrogens is 1. The number of likely N-dealkylation sites (N-methyl/N-ethyl adjacent to an activating group) is 1. The number of hydrogen-bond acceptors (Lipinski definition) is 4. The molecule has 0 saturated heterocycles. The van der Waals surface area contributed by atoms with Crippen LogP contribution in [-0.2, 0) is 6.54 Å². The minimum Gasteiger partial charge on any atom is -0.477 e. The number of rotatable bonds is 6. The Morgan fingerprint density at radius 2 is 2.05 bits per heavy atom. The zero-order valence-electron chi connectivity index (χ0n) is 12.5. The zero-order chi connectivity index (χ0) is 16.0. The monoisotopic (exact) mass is 295 g/mol. The van der Waals surface area contributed by atoms with Gasteiger partial charge in [0, 0.05) is 19.3 Å². The molecule has 1 aromatic heterocycles. The van der Waals surface area contributed by atoms with Crippen molar-refractivity contribution in [3.05, 3.63) is 29.6 Å². The first-order chi connectivity index (χ1) is 9.73. The first-order valence-corrected chi connectivity index (χ1v) is 6.66. The van der Waals surface area contributed by atoms with Gasteiger partial charge >= 0.3 is 12.0 Å². The van der Waals surface area contributed by atoms with Gasteiger partial charge in [0.2, 0.25) is 0 Å². The van der Waals surface area contributed by atoms with Crippen molar-refractivity contribution < 1.29 is 19.8 Å². The van der Waals surface area contributed by atoms with Gasteiger partial charge in [-0.15, -0.1) is 0 Å². The summed E-state index contributed by atoms with van der Waals surface area (Å²) in [5.41, 5.74) is -0.298. The van der Waals surface area contributed by atoms with Crippen molar-refractivity contribution in [3.8, 4) is 0 Å². The molecule has 7 nitrogen and oxygen atoms in total. The largest absolute Gasteiger partial charge is 0.477 e. The second kappa shape index (κ2) is 7.03. The van der Waals surface area contributed by atoms with Crippen LogP contribution in [0.1, 0.15) is 36.8 Å². The first-order valence-electron chi connectivity index (χ1n) is 6.66. The summed E-state index contributed by atoms with van der Waals surface area (Å²) in [4.78, 5) is 27.9. The number of carboxylic acids is 1. The molecule has 0 saturated carbocycles. The number of carboxylic acid groups (broad SMARTS) is 1. The third-order valence-corrected chi connectivity index (χ3v) is 2.73. The van der Waals surface area contributed by atoms with Gasteiger partial charge in [-0.3, -0.25) is 0 Å². The molecule has 0 spiro atoms. The number of nitrogens with zero attached hydrogens (tertiary/aromatic N) is 2. The van der Waals surface area contributed by atoms with Crippen molar-refractivity contribution in [2.75, 3.05) is 13.1 Å². The Hall–Kier alpha value is -2.15. The minimum atomic E-state index is -1.09. The first kappa shape index (κ1) is 16.9. The van der Waals surface area contributed by atoms with E-state index >= 15 is 0 Å². The average molecular weight is 295 g/mol. The predicted octanol–water partition coefficient (Wildman–Crippen LogP) is 1.08. The molecule has 0 aromatic carbocycles. The van der Waals surface area contributed by atoms with Gasteiger partial charge in [-0.2, -0.15) is 0 Å². The second-order valence-electron chi connectivity index (χ2n) is 5.34. The molecule has 0 atom stereocenters. The van der Waals surface area contributed by atoms with Crippen molar-refractivity contribution in [1.82, 2.24) is 15.2 Å². The van der Waals surface area contributed by atoms with E-state index in [0.29, 0.717) is 12.1 Å². The van der Waals surface area contributed by atoms with Gasteiger partial charge in [-0.1, -0.05) is 6.07 Å². The minimum absolute atomic E-state index is 0.0395. The molecule has 7 heteroatoms. The Kier molecular flexibility index (Phi) is 5.66. The lowest BCUT2D eigenvalue weighted by molar-refractivity contribution is 0.0479.